The van der Waals surface area contributed by atoms with Crippen molar-refractivity contribution in [3.05, 3.63) is 53.1 Å². The Hall–Kier alpha value is -1.43. The number of halogens is 1. The lowest BCUT2D eigenvalue weighted by atomic mass is 9.66. The van der Waals surface area contributed by atoms with Crippen LogP contribution in [0.5, 0.6) is 5.75 Å². The van der Waals surface area contributed by atoms with Crippen LogP contribution in [-0.2, 0) is 23.1 Å². The molecule has 8 atom stereocenters. The number of hydrogen-bond acceptors (Lipinski definition) is 6. The maximum atomic E-state index is 13.7. The minimum Gasteiger partial charge on any atom is -0.477 e. The lowest BCUT2D eigenvalue weighted by molar-refractivity contribution is -0.162. The topological polar surface area (TPSA) is 63.2 Å². The zero-order valence-corrected chi connectivity index (χ0v) is 34.5. The molecule has 2 aliphatic carbocycles. The van der Waals surface area contributed by atoms with Crippen LogP contribution in [0.3, 0.4) is 0 Å². The molecule has 4 rings (SSSR count). The van der Waals surface area contributed by atoms with Gasteiger partial charge in [0, 0.05) is 25.0 Å². The first-order valence-electron chi connectivity index (χ1n) is 18.2. The number of benzene rings is 1. The smallest absolute Gasteiger partial charge is 0.347 e. The van der Waals surface area contributed by atoms with Gasteiger partial charge < -0.3 is 23.1 Å². The van der Waals surface area contributed by atoms with Crippen molar-refractivity contribution in [2.45, 2.75) is 154 Å². The van der Waals surface area contributed by atoms with Gasteiger partial charge >= 0.3 is 5.97 Å². The van der Waals surface area contributed by atoms with E-state index >= 15 is 0 Å². The van der Waals surface area contributed by atoms with Gasteiger partial charge in [-0.25, -0.2) is 4.79 Å². The Morgan fingerprint density at radius 2 is 1.62 bits per heavy atom. The SMILES string of the molecule is CC(Oc1ccccc1Cl)C(=O)O[C@H]1C[C@H](O[Si](C)(C)C(C)(C)C)C=C2C=C[C@H](C)[C@H](CC[C@@H]3C[C@H](O[Si](C)(C)C(C)(C)C)CCO3)[C@H]21. The molecule has 0 saturated carbocycles. The Labute approximate surface area is 298 Å². The van der Waals surface area contributed by atoms with E-state index in [9.17, 15) is 4.79 Å². The second-order valence-electron chi connectivity index (χ2n) is 17.5. The predicted molar refractivity (Wildman–Crippen MR) is 202 cm³/mol. The van der Waals surface area contributed by atoms with Gasteiger partial charge in [-0.05, 0) is 98.4 Å². The summed E-state index contributed by atoms with van der Waals surface area (Å²) in [6, 6.07) is 7.22. The Morgan fingerprint density at radius 3 is 2.27 bits per heavy atom. The summed E-state index contributed by atoms with van der Waals surface area (Å²) in [7, 11) is -3.93. The van der Waals surface area contributed by atoms with Crippen LogP contribution < -0.4 is 4.74 Å². The second-order valence-corrected chi connectivity index (χ2v) is 27.4. The van der Waals surface area contributed by atoms with Gasteiger partial charge in [0.1, 0.15) is 11.9 Å². The van der Waals surface area contributed by atoms with Crippen molar-refractivity contribution in [2.24, 2.45) is 17.8 Å². The summed E-state index contributed by atoms with van der Waals surface area (Å²) < 4.78 is 32.5. The lowest BCUT2D eigenvalue weighted by Crippen LogP contribution is -2.49. The van der Waals surface area contributed by atoms with Gasteiger partial charge in [0.2, 0.25) is 0 Å². The highest BCUT2D eigenvalue weighted by molar-refractivity contribution is 6.74. The Bertz CT molecular complexity index is 1310. The van der Waals surface area contributed by atoms with Gasteiger partial charge in [0.05, 0.1) is 17.2 Å². The van der Waals surface area contributed by atoms with Crippen LogP contribution in [0.15, 0.2) is 48.1 Å². The van der Waals surface area contributed by atoms with E-state index in [-0.39, 0.29) is 46.4 Å². The maximum absolute atomic E-state index is 13.7. The fraction of sp³-hybridized carbons (Fsp3) is 0.718. The molecule has 6 nitrogen and oxygen atoms in total. The number of carbonyl (C=O) groups is 1. The number of rotatable bonds is 11. The van der Waals surface area contributed by atoms with Crippen LogP contribution in [-0.4, -0.2) is 59.7 Å². The van der Waals surface area contributed by atoms with E-state index in [1.165, 1.54) is 5.57 Å². The van der Waals surface area contributed by atoms with Gasteiger partial charge in [-0.3, -0.25) is 0 Å². The van der Waals surface area contributed by atoms with Gasteiger partial charge in [-0.2, -0.15) is 0 Å². The van der Waals surface area contributed by atoms with Crippen LogP contribution >= 0.6 is 11.6 Å². The average molecular weight is 720 g/mol. The zero-order valence-electron chi connectivity index (χ0n) is 31.7. The molecule has 0 bridgehead atoms. The van der Waals surface area contributed by atoms with E-state index in [1.807, 2.05) is 12.1 Å². The first-order chi connectivity index (χ1) is 22.2. The summed E-state index contributed by atoms with van der Waals surface area (Å²) in [6.45, 7) is 27.7. The molecule has 3 aliphatic rings. The fourth-order valence-electron chi connectivity index (χ4n) is 6.76. The number of hydrogen-bond donors (Lipinski definition) is 0. The summed E-state index contributed by atoms with van der Waals surface area (Å²) in [6.07, 6.45) is 10.5. The van der Waals surface area contributed by atoms with Gasteiger partial charge in [-0.15, -0.1) is 0 Å². The van der Waals surface area contributed by atoms with Crippen molar-refractivity contribution in [3.8, 4) is 5.75 Å². The first kappa shape index (κ1) is 39.4. The third-order valence-corrected chi connectivity index (χ3v) is 21.1. The molecule has 0 aromatic heterocycles. The molecule has 0 radical (unpaired) electrons. The molecule has 1 aliphatic heterocycles. The number of para-hydroxylation sites is 1. The first-order valence-corrected chi connectivity index (χ1v) is 24.4. The molecule has 1 fully saturated rings. The average Bonchev–Trinajstić information content (AvgIpc) is 2.96. The summed E-state index contributed by atoms with van der Waals surface area (Å²) in [5.41, 5.74) is 1.22. The Balaban J connectivity index is 1.53. The molecule has 270 valence electrons. The highest BCUT2D eigenvalue weighted by Crippen LogP contribution is 2.47. The van der Waals surface area contributed by atoms with Gasteiger partial charge in [0.25, 0.3) is 0 Å². The third kappa shape index (κ3) is 9.67. The molecule has 9 heteroatoms. The molecule has 48 heavy (non-hydrogen) atoms. The van der Waals surface area contributed by atoms with Crippen molar-refractivity contribution in [3.63, 3.8) is 0 Å². The maximum Gasteiger partial charge on any atom is 0.347 e. The van der Waals surface area contributed by atoms with Gasteiger partial charge in [-0.1, -0.05) is 90.4 Å². The highest BCUT2D eigenvalue weighted by atomic mass is 35.5. The van der Waals surface area contributed by atoms with Crippen molar-refractivity contribution in [1.82, 2.24) is 0 Å². The summed E-state index contributed by atoms with van der Waals surface area (Å²) in [5.74, 6) is 0.810. The van der Waals surface area contributed by atoms with E-state index in [2.05, 4.69) is 92.9 Å². The molecule has 1 heterocycles. The van der Waals surface area contributed by atoms with Crippen molar-refractivity contribution < 1.29 is 27.9 Å². The third-order valence-electron chi connectivity index (χ3n) is 11.8. The standard InChI is InChI=1S/C39H63ClO6Si2/c1-26-17-18-28-23-31(46-48(11,12)39(6,7)8)25-35(44-37(41)27(2)43-34-16-14-13-15-33(34)40)36(28)32(26)20-19-29-24-30(21-22-42-29)45-47(9,10)38(3,4)5/h13-18,23,26-27,29-32,35-36H,19-22,24-25H2,1-12H3/t26-,27?,29+,30+,31+,32-,35-,36-/m0/s1. The minimum atomic E-state index is -2.08. The number of fused-ring (bicyclic) bond motifs is 1. The number of allylic oxidation sites excluding steroid dienone is 2. The van der Waals surface area contributed by atoms with E-state index in [4.69, 9.17) is 34.7 Å². The molecular formula is C39H63ClO6Si2. The lowest BCUT2D eigenvalue weighted by Gasteiger charge is -2.46. The van der Waals surface area contributed by atoms with E-state index in [0.29, 0.717) is 29.0 Å². The second kappa shape index (κ2) is 15.4. The van der Waals surface area contributed by atoms with E-state index in [1.54, 1.807) is 19.1 Å². The summed E-state index contributed by atoms with van der Waals surface area (Å²) in [4.78, 5) is 13.7. The van der Waals surface area contributed by atoms with Crippen molar-refractivity contribution >= 4 is 34.2 Å². The Morgan fingerprint density at radius 1 is 0.979 bits per heavy atom. The van der Waals surface area contributed by atoms with Gasteiger partial charge in [0.15, 0.2) is 22.7 Å². The predicted octanol–water partition coefficient (Wildman–Crippen LogP) is 10.5. The van der Waals surface area contributed by atoms with Crippen LogP contribution in [0, 0.1) is 17.8 Å². The molecule has 0 N–H and O–H groups in total. The Kier molecular flexibility index (Phi) is 12.7. The van der Waals surface area contributed by atoms with E-state index < -0.39 is 22.7 Å². The van der Waals surface area contributed by atoms with Crippen molar-refractivity contribution in [2.75, 3.05) is 6.61 Å². The molecular weight excluding hydrogens is 656 g/mol. The van der Waals surface area contributed by atoms with Crippen LogP contribution in [0.1, 0.15) is 87.5 Å². The highest BCUT2D eigenvalue weighted by Gasteiger charge is 2.46. The molecule has 1 saturated heterocycles. The van der Waals surface area contributed by atoms with Crippen molar-refractivity contribution in [1.29, 1.82) is 0 Å². The van der Waals surface area contributed by atoms with Crippen LogP contribution in [0.25, 0.3) is 0 Å². The summed E-state index contributed by atoms with van der Waals surface area (Å²) >= 11 is 6.35. The zero-order chi connectivity index (χ0) is 35.7. The molecule has 0 spiro atoms. The molecule has 0 amide bonds. The van der Waals surface area contributed by atoms with Crippen LogP contribution in [0.4, 0.5) is 0 Å². The quantitative estimate of drug-likeness (QED) is 0.168. The molecule has 1 unspecified atom stereocenters. The van der Waals surface area contributed by atoms with Crippen LogP contribution in [0.2, 0.25) is 41.3 Å². The number of ether oxygens (including phenoxy) is 3. The van der Waals surface area contributed by atoms with E-state index in [0.717, 1.165) is 32.3 Å². The largest absolute Gasteiger partial charge is 0.477 e. The number of esters is 1. The minimum absolute atomic E-state index is 0.0669. The normalized spacial score (nSPS) is 29.1. The number of carbonyl (C=O) groups excluding carboxylic acids is 1. The monoisotopic (exact) mass is 718 g/mol. The molecule has 1 aromatic carbocycles. The molecule has 1 aromatic rings. The fourth-order valence-corrected chi connectivity index (χ4v) is 9.61. The summed E-state index contributed by atoms with van der Waals surface area (Å²) in [5, 5.41) is 0.719.